The lowest BCUT2D eigenvalue weighted by Crippen LogP contribution is -2.47. The standard InChI is InChI=1S/C8H14N3O3/c1-7(2)5(9-12)6(10-13)8(3,4)11(7)14/h12-13H,1-4H3/b9-5-,10-6-. The Kier molecular flexibility index (Phi) is 2.29. The Hall–Kier alpha value is -1.14. The highest BCUT2D eigenvalue weighted by atomic mass is 16.5. The third-order valence-corrected chi connectivity index (χ3v) is 2.60. The van der Waals surface area contributed by atoms with Crippen molar-refractivity contribution in [2.24, 2.45) is 10.3 Å². The summed E-state index contributed by atoms with van der Waals surface area (Å²) in [7, 11) is 0. The van der Waals surface area contributed by atoms with E-state index in [0.29, 0.717) is 0 Å². The molecule has 0 unspecified atom stereocenters. The van der Waals surface area contributed by atoms with Crippen LogP contribution in [0, 0.1) is 0 Å². The number of hydrogen-bond donors (Lipinski definition) is 2. The minimum Gasteiger partial charge on any atom is -0.411 e. The van der Waals surface area contributed by atoms with Gasteiger partial charge in [0.1, 0.15) is 11.4 Å². The van der Waals surface area contributed by atoms with Crippen LogP contribution in [0.1, 0.15) is 27.7 Å². The molecule has 1 saturated heterocycles. The molecule has 79 valence electrons. The first-order valence-corrected chi connectivity index (χ1v) is 4.23. The molecule has 6 heteroatoms. The van der Waals surface area contributed by atoms with E-state index in [9.17, 15) is 5.21 Å². The normalized spacial score (nSPS) is 31.5. The second kappa shape index (κ2) is 2.93. The van der Waals surface area contributed by atoms with Crippen LogP contribution in [0.25, 0.3) is 0 Å². The number of nitrogens with zero attached hydrogens (tertiary/aromatic N) is 3. The molecule has 0 amide bonds. The second-order valence-electron chi connectivity index (χ2n) is 4.31. The van der Waals surface area contributed by atoms with E-state index >= 15 is 0 Å². The molecule has 0 aromatic heterocycles. The Bertz CT molecular complexity index is 277. The molecule has 1 rings (SSSR count). The zero-order valence-electron chi connectivity index (χ0n) is 8.64. The van der Waals surface area contributed by atoms with E-state index < -0.39 is 11.1 Å². The second-order valence-corrected chi connectivity index (χ2v) is 4.31. The first-order valence-electron chi connectivity index (χ1n) is 4.23. The molecule has 1 heterocycles. The summed E-state index contributed by atoms with van der Waals surface area (Å²) < 4.78 is 0. The summed E-state index contributed by atoms with van der Waals surface area (Å²) in [6.07, 6.45) is 0. The fourth-order valence-corrected chi connectivity index (χ4v) is 1.81. The van der Waals surface area contributed by atoms with Crippen molar-refractivity contribution in [2.45, 2.75) is 38.8 Å². The highest BCUT2D eigenvalue weighted by Crippen LogP contribution is 2.35. The SMILES string of the molecule is CC1(C)C(=N\O)/C(=N/O)C(C)(C)N1[O]. The van der Waals surface area contributed by atoms with Gasteiger partial charge in [-0.1, -0.05) is 10.3 Å². The highest BCUT2D eigenvalue weighted by Gasteiger charge is 2.56. The van der Waals surface area contributed by atoms with Crippen LogP contribution < -0.4 is 0 Å². The van der Waals surface area contributed by atoms with E-state index in [1.54, 1.807) is 27.7 Å². The van der Waals surface area contributed by atoms with Crippen LogP contribution in [-0.2, 0) is 5.21 Å². The van der Waals surface area contributed by atoms with Gasteiger partial charge in [-0.2, -0.15) is 0 Å². The molecule has 0 aromatic rings. The Balaban J connectivity index is 3.37. The van der Waals surface area contributed by atoms with Crippen LogP contribution in [-0.4, -0.2) is 38.0 Å². The zero-order valence-corrected chi connectivity index (χ0v) is 8.64. The molecular weight excluding hydrogens is 186 g/mol. The van der Waals surface area contributed by atoms with Crippen molar-refractivity contribution in [1.29, 1.82) is 0 Å². The summed E-state index contributed by atoms with van der Waals surface area (Å²) in [5.41, 5.74) is -1.78. The Morgan fingerprint density at radius 1 is 1.00 bits per heavy atom. The van der Waals surface area contributed by atoms with Crippen molar-refractivity contribution in [2.75, 3.05) is 0 Å². The summed E-state index contributed by atoms with van der Waals surface area (Å²) in [6, 6.07) is 0. The van der Waals surface area contributed by atoms with Gasteiger partial charge in [0.2, 0.25) is 0 Å². The lowest BCUT2D eigenvalue weighted by molar-refractivity contribution is -0.227. The minimum atomic E-state index is -0.986. The van der Waals surface area contributed by atoms with E-state index in [1.165, 1.54) is 0 Å². The summed E-state index contributed by atoms with van der Waals surface area (Å²) in [6.45, 7) is 6.42. The van der Waals surface area contributed by atoms with Gasteiger partial charge in [0.15, 0.2) is 0 Å². The van der Waals surface area contributed by atoms with Gasteiger partial charge in [-0.3, -0.25) is 0 Å². The largest absolute Gasteiger partial charge is 0.411 e. The molecule has 0 aromatic carbocycles. The predicted octanol–water partition coefficient (Wildman–Crippen LogP) is 0.865. The molecule has 0 atom stereocenters. The van der Waals surface area contributed by atoms with Gasteiger partial charge < -0.3 is 10.4 Å². The zero-order chi connectivity index (χ0) is 11.1. The van der Waals surface area contributed by atoms with E-state index in [0.717, 1.165) is 5.06 Å². The van der Waals surface area contributed by atoms with Gasteiger partial charge in [0.25, 0.3) is 0 Å². The quantitative estimate of drug-likeness (QED) is 0.449. The lowest BCUT2D eigenvalue weighted by atomic mass is 9.96. The summed E-state index contributed by atoms with van der Waals surface area (Å²) in [5.74, 6) is 0. The fourth-order valence-electron chi connectivity index (χ4n) is 1.81. The molecule has 0 spiro atoms. The van der Waals surface area contributed by atoms with Gasteiger partial charge in [0.05, 0.1) is 11.1 Å². The van der Waals surface area contributed by atoms with E-state index in [1.807, 2.05) is 0 Å². The van der Waals surface area contributed by atoms with Crippen molar-refractivity contribution in [3.8, 4) is 0 Å². The summed E-state index contributed by atoms with van der Waals surface area (Å²) >= 11 is 0. The van der Waals surface area contributed by atoms with Crippen molar-refractivity contribution in [3.63, 3.8) is 0 Å². The average molecular weight is 200 g/mol. The first-order chi connectivity index (χ1) is 6.30. The number of oxime groups is 2. The van der Waals surface area contributed by atoms with Crippen LogP contribution in [0.2, 0.25) is 0 Å². The molecule has 1 fully saturated rings. The maximum atomic E-state index is 11.8. The molecule has 1 radical (unpaired) electrons. The van der Waals surface area contributed by atoms with Crippen molar-refractivity contribution in [3.05, 3.63) is 0 Å². The van der Waals surface area contributed by atoms with Crippen molar-refractivity contribution < 1.29 is 15.6 Å². The van der Waals surface area contributed by atoms with Gasteiger partial charge in [-0.15, -0.1) is 10.3 Å². The molecule has 2 N–H and O–H groups in total. The summed E-state index contributed by atoms with van der Waals surface area (Å²) in [5, 5.41) is 36.2. The van der Waals surface area contributed by atoms with E-state index in [-0.39, 0.29) is 11.4 Å². The Morgan fingerprint density at radius 3 is 1.50 bits per heavy atom. The van der Waals surface area contributed by atoms with Gasteiger partial charge in [-0.25, -0.2) is 0 Å². The van der Waals surface area contributed by atoms with Crippen LogP contribution in [0.5, 0.6) is 0 Å². The fraction of sp³-hybridized carbons (Fsp3) is 0.750. The maximum absolute atomic E-state index is 11.8. The summed E-state index contributed by atoms with van der Waals surface area (Å²) in [4.78, 5) is 0. The maximum Gasteiger partial charge on any atom is 0.128 e. The average Bonchev–Trinajstić information content (AvgIpc) is 2.22. The highest BCUT2D eigenvalue weighted by molar-refractivity contribution is 6.49. The van der Waals surface area contributed by atoms with Crippen LogP contribution >= 0.6 is 0 Å². The molecule has 0 aliphatic carbocycles. The third-order valence-electron chi connectivity index (χ3n) is 2.60. The monoisotopic (exact) mass is 200 g/mol. The topological polar surface area (TPSA) is 88.3 Å². The Morgan fingerprint density at radius 2 is 1.29 bits per heavy atom. The predicted molar refractivity (Wildman–Crippen MR) is 49.1 cm³/mol. The van der Waals surface area contributed by atoms with E-state index in [2.05, 4.69) is 10.3 Å². The third kappa shape index (κ3) is 1.11. The molecule has 0 saturated carbocycles. The number of hydrogen-bond acceptors (Lipinski definition) is 5. The number of rotatable bonds is 0. The van der Waals surface area contributed by atoms with Gasteiger partial charge >= 0.3 is 0 Å². The smallest absolute Gasteiger partial charge is 0.128 e. The first kappa shape index (κ1) is 10.9. The van der Waals surface area contributed by atoms with Crippen molar-refractivity contribution in [1.82, 2.24) is 5.06 Å². The van der Waals surface area contributed by atoms with Crippen molar-refractivity contribution >= 4 is 11.4 Å². The van der Waals surface area contributed by atoms with Gasteiger partial charge in [0, 0.05) is 0 Å². The molecule has 0 bridgehead atoms. The molecule has 14 heavy (non-hydrogen) atoms. The van der Waals surface area contributed by atoms with Crippen LogP contribution in [0.4, 0.5) is 0 Å². The molecular formula is C8H14N3O3. The molecule has 1 aliphatic heterocycles. The number of hydroxylamine groups is 2. The Labute approximate surface area is 82.1 Å². The van der Waals surface area contributed by atoms with Gasteiger partial charge in [-0.05, 0) is 27.7 Å². The molecule has 1 aliphatic rings. The van der Waals surface area contributed by atoms with Crippen LogP contribution in [0.15, 0.2) is 10.3 Å². The molecule has 6 nitrogen and oxygen atoms in total. The van der Waals surface area contributed by atoms with Crippen LogP contribution in [0.3, 0.4) is 0 Å². The lowest BCUT2D eigenvalue weighted by Gasteiger charge is -2.29. The van der Waals surface area contributed by atoms with E-state index in [4.69, 9.17) is 10.4 Å². The minimum absolute atomic E-state index is 0.0972.